The molecule has 0 bridgehead atoms. The smallest absolute Gasteiger partial charge is 0.311 e. The van der Waals surface area contributed by atoms with E-state index in [0.29, 0.717) is 25.2 Å². The maximum absolute atomic E-state index is 11.4. The molecule has 2 aromatic rings. The number of hydrogen-bond donors (Lipinski definition) is 1. The Morgan fingerprint density at radius 3 is 2.89 bits per heavy atom. The van der Waals surface area contributed by atoms with Crippen LogP contribution in [0.5, 0.6) is 0 Å². The minimum atomic E-state index is -0.758. The second-order valence-electron chi connectivity index (χ2n) is 4.74. The van der Waals surface area contributed by atoms with E-state index in [1.807, 2.05) is 11.4 Å². The van der Waals surface area contributed by atoms with E-state index < -0.39 is 11.4 Å². The summed E-state index contributed by atoms with van der Waals surface area (Å²) < 4.78 is 2.59. The molecule has 0 spiro atoms. The predicted molar refractivity (Wildman–Crippen MR) is 72.7 cm³/mol. The first-order valence-corrected chi connectivity index (χ1v) is 7.52. The van der Waals surface area contributed by atoms with Crippen LogP contribution in [0.1, 0.15) is 19.3 Å². The lowest BCUT2D eigenvalue weighted by Crippen LogP contribution is -2.42. The van der Waals surface area contributed by atoms with Crippen molar-refractivity contribution in [3.63, 3.8) is 0 Å². The number of aliphatic carboxylic acids is 1. The third-order valence-corrected chi connectivity index (χ3v) is 5.08. The van der Waals surface area contributed by atoms with Gasteiger partial charge in [0.05, 0.1) is 15.7 Å². The Kier molecular flexibility index (Phi) is 3.14. The van der Waals surface area contributed by atoms with Crippen LogP contribution < -0.4 is 0 Å². The molecule has 2 heterocycles. The molecule has 8 heteroatoms. The Balaban J connectivity index is 1.90. The lowest BCUT2D eigenvalue weighted by molar-refractivity contribution is -0.156. The van der Waals surface area contributed by atoms with Gasteiger partial charge in [-0.2, -0.15) is 0 Å². The Morgan fingerprint density at radius 2 is 2.37 bits per heavy atom. The molecular weight excluding hydrogens is 332 g/mol. The van der Waals surface area contributed by atoms with E-state index in [4.69, 9.17) is 0 Å². The van der Waals surface area contributed by atoms with Crippen molar-refractivity contribution in [3.05, 3.63) is 15.2 Å². The molecule has 2 aromatic heterocycles. The molecule has 19 heavy (non-hydrogen) atoms. The van der Waals surface area contributed by atoms with Crippen LogP contribution in [0.2, 0.25) is 0 Å². The van der Waals surface area contributed by atoms with Crippen LogP contribution in [0.4, 0.5) is 0 Å². The van der Waals surface area contributed by atoms with Crippen molar-refractivity contribution >= 4 is 33.2 Å². The van der Waals surface area contributed by atoms with E-state index in [9.17, 15) is 9.90 Å². The van der Waals surface area contributed by atoms with E-state index in [0.717, 1.165) is 15.8 Å². The third-order valence-electron chi connectivity index (χ3n) is 3.57. The zero-order chi connectivity index (χ0) is 13.5. The minimum absolute atomic E-state index is 0.331. The van der Waals surface area contributed by atoms with Gasteiger partial charge in [-0.3, -0.25) is 4.79 Å². The maximum Gasteiger partial charge on any atom is 0.311 e. The highest BCUT2D eigenvalue weighted by Gasteiger charge is 2.45. The van der Waals surface area contributed by atoms with Crippen LogP contribution >= 0.6 is 27.3 Å². The van der Waals surface area contributed by atoms with Gasteiger partial charge in [-0.05, 0) is 45.3 Å². The summed E-state index contributed by atoms with van der Waals surface area (Å²) in [5.41, 5.74) is 0.207. The first-order chi connectivity index (χ1) is 9.11. The molecule has 0 aromatic carbocycles. The van der Waals surface area contributed by atoms with Crippen molar-refractivity contribution in [1.29, 1.82) is 0 Å². The van der Waals surface area contributed by atoms with Gasteiger partial charge in [0, 0.05) is 10.9 Å². The predicted octanol–water partition coefficient (Wildman–Crippen LogP) is 2.42. The lowest BCUT2D eigenvalue weighted by Gasteiger charge is -2.37. The molecule has 0 atom stereocenters. The monoisotopic (exact) mass is 342 g/mol. The van der Waals surface area contributed by atoms with E-state index in [-0.39, 0.29) is 0 Å². The Hall–Kier alpha value is -1.28. The Bertz CT molecular complexity index is 620. The fourth-order valence-electron chi connectivity index (χ4n) is 2.28. The summed E-state index contributed by atoms with van der Waals surface area (Å²) in [6, 6.07) is 1.93. The van der Waals surface area contributed by atoms with Gasteiger partial charge in [-0.25, -0.2) is 4.68 Å². The number of nitrogens with zero attached hydrogens (tertiary/aromatic N) is 4. The molecule has 1 saturated carbocycles. The van der Waals surface area contributed by atoms with Gasteiger partial charge >= 0.3 is 5.97 Å². The van der Waals surface area contributed by atoms with Crippen LogP contribution in [-0.2, 0) is 11.3 Å². The number of thiophene rings is 1. The summed E-state index contributed by atoms with van der Waals surface area (Å²) in [5.74, 6) is -0.138. The van der Waals surface area contributed by atoms with Gasteiger partial charge in [0.2, 0.25) is 0 Å². The van der Waals surface area contributed by atoms with Crippen molar-refractivity contribution in [2.24, 2.45) is 5.41 Å². The zero-order valence-electron chi connectivity index (χ0n) is 9.91. The topological polar surface area (TPSA) is 80.9 Å². The largest absolute Gasteiger partial charge is 0.481 e. The van der Waals surface area contributed by atoms with Crippen LogP contribution in [0.15, 0.2) is 15.2 Å². The van der Waals surface area contributed by atoms with Crippen LogP contribution in [0.3, 0.4) is 0 Å². The number of carboxylic acids is 1. The number of rotatable bonds is 4. The van der Waals surface area contributed by atoms with Crippen LogP contribution in [0.25, 0.3) is 11.4 Å². The van der Waals surface area contributed by atoms with E-state index >= 15 is 0 Å². The molecule has 1 N–H and O–H groups in total. The van der Waals surface area contributed by atoms with Gasteiger partial charge in [0.15, 0.2) is 5.82 Å². The summed E-state index contributed by atoms with van der Waals surface area (Å²) in [7, 11) is 0. The molecule has 0 radical (unpaired) electrons. The van der Waals surface area contributed by atoms with Crippen molar-refractivity contribution in [3.8, 4) is 11.4 Å². The summed E-state index contributed by atoms with van der Waals surface area (Å²) in [6.45, 7) is 0.331. The van der Waals surface area contributed by atoms with Gasteiger partial charge in [-0.15, -0.1) is 16.4 Å². The van der Waals surface area contributed by atoms with E-state index in [2.05, 4.69) is 31.5 Å². The number of carbonyl (C=O) groups is 1. The molecule has 6 nitrogen and oxygen atoms in total. The van der Waals surface area contributed by atoms with Gasteiger partial charge < -0.3 is 5.11 Å². The zero-order valence-corrected chi connectivity index (χ0v) is 12.3. The van der Waals surface area contributed by atoms with Crippen LogP contribution in [0, 0.1) is 5.41 Å². The quantitative estimate of drug-likeness (QED) is 0.922. The van der Waals surface area contributed by atoms with Gasteiger partial charge in [-0.1, -0.05) is 6.42 Å². The second-order valence-corrected chi connectivity index (χ2v) is 7.03. The fourth-order valence-corrected chi connectivity index (χ4v) is 3.41. The Morgan fingerprint density at radius 1 is 1.58 bits per heavy atom. The number of carboxylic acid groups (broad SMARTS) is 1. The summed E-state index contributed by atoms with van der Waals surface area (Å²) >= 11 is 4.95. The normalized spacial score (nSPS) is 17.1. The highest BCUT2D eigenvalue weighted by atomic mass is 79.9. The first kappa shape index (κ1) is 12.7. The van der Waals surface area contributed by atoms with Gasteiger partial charge in [0.25, 0.3) is 0 Å². The second kappa shape index (κ2) is 4.68. The summed E-state index contributed by atoms with van der Waals surface area (Å²) in [4.78, 5) is 11.4. The van der Waals surface area contributed by atoms with Crippen molar-refractivity contribution < 1.29 is 9.90 Å². The van der Waals surface area contributed by atoms with Gasteiger partial charge in [0.1, 0.15) is 0 Å². The minimum Gasteiger partial charge on any atom is -0.481 e. The van der Waals surface area contributed by atoms with E-state index in [1.165, 1.54) is 0 Å². The summed E-state index contributed by atoms with van der Waals surface area (Å²) in [6.07, 6.45) is 2.33. The molecule has 3 rings (SSSR count). The van der Waals surface area contributed by atoms with Crippen LogP contribution in [-0.4, -0.2) is 31.3 Å². The van der Waals surface area contributed by atoms with Crippen molar-refractivity contribution in [2.75, 3.05) is 0 Å². The average Bonchev–Trinajstić information content (AvgIpc) is 2.91. The number of hydrogen-bond acceptors (Lipinski definition) is 5. The molecule has 1 aliphatic rings. The number of halogens is 1. The third kappa shape index (κ3) is 2.18. The molecule has 0 aliphatic heterocycles. The maximum atomic E-state index is 11.4. The van der Waals surface area contributed by atoms with Crippen molar-refractivity contribution in [1.82, 2.24) is 20.2 Å². The molecule has 1 aliphatic carbocycles. The molecule has 0 unspecified atom stereocenters. The first-order valence-electron chi connectivity index (χ1n) is 5.85. The molecule has 0 saturated heterocycles. The standard InChI is InChI=1S/C11H11BrN4O2S/c12-8-4-7(5-19-8)9-13-14-15-16(9)6-11(10(17)18)2-1-3-11/h4-5H,1-3,6H2,(H,17,18). The molecule has 0 amide bonds. The molecular formula is C11H11BrN4O2S. The average molecular weight is 343 g/mol. The number of tetrazole rings is 1. The SMILES string of the molecule is O=C(O)C1(Cn2nnnc2-c2csc(Br)c2)CCC1. The lowest BCUT2D eigenvalue weighted by atomic mass is 9.69. The molecule has 1 fully saturated rings. The fraction of sp³-hybridized carbons (Fsp3) is 0.455. The summed E-state index contributed by atoms with van der Waals surface area (Å²) in [5, 5.41) is 22.9. The number of aromatic nitrogens is 4. The van der Waals surface area contributed by atoms with Crippen molar-refractivity contribution in [2.45, 2.75) is 25.8 Å². The van der Waals surface area contributed by atoms with E-state index in [1.54, 1.807) is 16.0 Å². The Labute approximate surface area is 121 Å². The molecule has 100 valence electrons. The highest BCUT2D eigenvalue weighted by molar-refractivity contribution is 9.11. The highest BCUT2D eigenvalue weighted by Crippen LogP contribution is 2.43.